The van der Waals surface area contributed by atoms with Crippen molar-refractivity contribution in [2.24, 2.45) is 0 Å². The number of carbonyl (C=O) groups is 1. The highest BCUT2D eigenvalue weighted by Crippen LogP contribution is 2.21. The van der Waals surface area contributed by atoms with E-state index >= 15 is 0 Å². The minimum absolute atomic E-state index is 0.0332. The normalized spacial score (nSPS) is 10.5. The lowest BCUT2D eigenvalue weighted by molar-refractivity contribution is -0.119. The van der Waals surface area contributed by atoms with E-state index in [1.165, 1.54) is 6.33 Å². The molecule has 0 saturated heterocycles. The van der Waals surface area contributed by atoms with E-state index in [0.29, 0.717) is 0 Å². The van der Waals surface area contributed by atoms with E-state index in [-0.39, 0.29) is 18.5 Å². The quantitative estimate of drug-likeness (QED) is 0.650. The number of nitrogens with one attached hydrogen (secondary N) is 3. The summed E-state index contributed by atoms with van der Waals surface area (Å²) in [5.74, 6) is 1.57. The third-order valence-corrected chi connectivity index (χ3v) is 2.85. The maximum atomic E-state index is 11.7. The van der Waals surface area contributed by atoms with Crippen LogP contribution in [0.2, 0.25) is 0 Å². The number of rotatable bonds is 9. The number of aromatic nitrogens is 2. The summed E-state index contributed by atoms with van der Waals surface area (Å²) < 4.78 is 0. The van der Waals surface area contributed by atoms with Crippen molar-refractivity contribution in [1.29, 1.82) is 0 Å². The Labute approximate surface area is 127 Å². The van der Waals surface area contributed by atoms with E-state index in [2.05, 4.69) is 39.8 Å². The first-order chi connectivity index (χ1) is 10.1. The van der Waals surface area contributed by atoms with Gasteiger partial charge in [0.1, 0.15) is 18.0 Å². The molecule has 0 atom stereocenters. The van der Waals surface area contributed by atoms with Gasteiger partial charge in [-0.15, -0.1) is 0 Å². The van der Waals surface area contributed by atoms with Crippen molar-refractivity contribution >= 4 is 17.5 Å². The van der Waals surface area contributed by atoms with Crippen molar-refractivity contribution < 1.29 is 4.79 Å². The Morgan fingerprint density at radius 3 is 2.38 bits per heavy atom. The summed E-state index contributed by atoms with van der Waals surface area (Å²) in [5, 5.41) is 9.29. The monoisotopic (exact) mass is 293 g/mol. The number of nitrogens with zero attached hydrogens (tertiary/aromatic N) is 2. The highest BCUT2D eigenvalue weighted by molar-refractivity contribution is 5.81. The molecule has 1 aromatic rings. The fourth-order valence-corrected chi connectivity index (χ4v) is 1.98. The first-order valence-corrected chi connectivity index (χ1v) is 7.69. The first kappa shape index (κ1) is 17.2. The molecule has 0 bridgehead atoms. The van der Waals surface area contributed by atoms with Gasteiger partial charge in [-0.1, -0.05) is 20.3 Å². The van der Waals surface area contributed by atoms with E-state index in [9.17, 15) is 4.79 Å². The lowest BCUT2D eigenvalue weighted by atomic mass is 10.1. The van der Waals surface area contributed by atoms with Crippen molar-refractivity contribution in [2.45, 2.75) is 53.0 Å². The zero-order chi connectivity index (χ0) is 15.7. The van der Waals surface area contributed by atoms with Gasteiger partial charge in [0.25, 0.3) is 0 Å². The molecule has 1 aromatic heterocycles. The number of hydrogen-bond donors (Lipinski definition) is 3. The summed E-state index contributed by atoms with van der Waals surface area (Å²) in [6.45, 7) is 9.21. The minimum Gasteiger partial charge on any atom is -0.370 e. The number of anilines is 2. The lowest BCUT2D eigenvalue weighted by Crippen LogP contribution is -2.35. The zero-order valence-corrected chi connectivity index (χ0v) is 13.5. The Bertz CT molecular complexity index is 448. The molecule has 1 amide bonds. The van der Waals surface area contributed by atoms with Crippen LogP contribution in [0.25, 0.3) is 0 Å². The zero-order valence-electron chi connectivity index (χ0n) is 13.5. The molecule has 6 heteroatoms. The van der Waals surface area contributed by atoms with Gasteiger partial charge in [0.05, 0.1) is 6.54 Å². The molecule has 1 heterocycles. The van der Waals surface area contributed by atoms with Gasteiger partial charge < -0.3 is 16.0 Å². The number of carbonyl (C=O) groups excluding carboxylic acids is 1. The third-order valence-electron chi connectivity index (χ3n) is 2.85. The molecule has 0 spiro atoms. The van der Waals surface area contributed by atoms with Crippen LogP contribution < -0.4 is 16.0 Å². The summed E-state index contributed by atoms with van der Waals surface area (Å²) in [6.07, 6.45) is 4.44. The van der Waals surface area contributed by atoms with Crippen molar-refractivity contribution in [3.8, 4) is 0 Å². The van der Waals surface area contributed by atoms with Crippen LogP contribution in [0.3, 0.4) is 0 Å². The largest absolute Gasteiger partial charge is 0.370 e. The predicted molar refractivity (Wildman–Crippen MR) is 86.6 cm³/mol. The van der Waals surface area contributed by atoms with Crippen molar-refractivity contribution in [3.63, 3.8) is 0 Å². The molecule has 0 unspecified atom stereocenters. The van der Waals surface area contributed by atoms with Gasteiger partial charge in [-0.2, -0.15) is 0 Å². The minimum atomic E-state index is -0.0332. The van der Waals surface area contributed by atoms with Crippen molar-refractivity contribution in [1.82, 2.24) is 15.3 Å². The van der Waals surface area contributed by atoms with Crippen LogP contribution in [0, 0.1) is 0 Å². The number of hydrogen-bond acceptors (Lipinski definition) is 5. The van der Waals surface area contributed by atoms with Gasteiger partial charge in [0.2, 0.25) is 5.91 Å². The molecule has 3 N–H and O–H groups in total. The van der Waals surface area contributed by atoms with Crippen LogP contribution in [0.5, 0.6) is 0 Å². The van der Waals surface area contributed by atoms with Gasteiger partial charge in [0.15, 0.2) is 0 Å². The maximum absolute atomic E-state index is 11.7. The topological polar surface area (TPSA) is 78.9 Å². The van der Waals surface area contributed by atoms with Crippen LogP contribution in [-0.2, 0) is 11.2 Å². The summed E-state index contributed by atoms with van der Waals surface area (Å²) in [6, 6.07) is 0.140. The Hall–Kier alpha value is -1.85. The molecule has 118 valence electrons. The van der Waals surface area contributed by atoms with Crippen LogP contribution in [-0.4, -0.2) is 35.0 Å². The molecule has 0 aromatic carbocycles. The fourth-order valence-electron chi connectivity index (χ4n) is 1.98. The standard InChI is InChI=1S/C15H27N5O/c1-5-7-12-14(16-8-6-2)18-10-19-15(12)17-9-13(21)20-11(3)4/h10-11H,5-9H2,1-4H3,(H,20,21)(H2,16,17,18,19). The van der Waals surface area contributed by atoms with Crippen LogP contribution in [0.1, 0.15) is 46.1 Å². The summed E-state index contributed by atoms with van der Waals surface area (Å²) in [7, 11) is 0. The van der Waals surface area contributed by atoms with E-state index in [1.807, 2.05) is 13.8 Å². The molecule has 0 fully saturated rings. The lowest BCUT2D eigenvalue weighted by Gasteiger charge is -2.15. The second kappa shape index (κ2) is 9.15. The molecule has 0 aliphatic carbocycles. The molecular weight excluding hydrogens is 266 g/mol. The van der Waals surface area contributed by atoms with Gasteiger partial charge in [-0.25, -0.2) is 9.97 Å². The molecule has 0 radical (unpaired) electrons. The highest BCUT2D eigenvalue weighted by atomic mass is 16.1. The van der Waals surface area contributed by atoms with Gasteiger partial charge in [-0.05, 0) is 26.7 Å². The van der Waals surface area contributed by atoms with Gasteiger partial charge in [0, 0.05) is 18.2 Å². The average Bonchev–Trinajstić information content (AvgIpc) is 2.44. The maximum Gasteiger partial charge on any atom is 0.239 e. The van der Waals surface area contributed by atoms with Crippen LogP contribution in [0.4, 0.5) is 11.6 Å². The third kappa shape index (κ3) is 5.97. The molecular formula is C15H27N5O. The first-order valence-electron chi connectivity index (χ1n) is 7.69. The van der Waals surface area contributed by atoms with Crippen molar-refractivity contribution in [2.75, 3.05) is 23.7 Å². The molecule has 1 rings (SSSR count). The molecule has 6 nitrogen and oxygen atoms in total. The van der Waals surface area contributed by atoms with Gasteiger partial charge >= 0.3 is 0 Å². The smallest absolute Gasteiger partial charge is 0.239 e. The summed E-state index contributed by atoms with van der Waals surface area (Å²) in [4.78, 5) is 20.3. The Kier molecular flexibility index (Phi) is 7.50. The Morgan fingerprint density at radius 2 is 1.81 bits per heavy atom. The average molecular weight is 293 g/mol. The Morgan fingerprint density at radius 1 is 1.14 bits per heavy atom. The van der Waals surface area contributed by atoms with E-state index in [1.54, 1.807) is 0 Å². The molecule has 21 heavy (non-hydrogen) atoms. The van der Waals surface area contributed by atoms with E-state index in [0.717, 1.165) is 43.0 Å². The van der Waals surface area contributed by atoms with Crippen molar-refractivity contribution in [3.05, 3.63) is 11.9 Å². The molecule has 0 aliphatic rings. The highest BCUT2D eigenvalue weighted by Gasteiger charge is 2.11. The van der Waals surface area contributed by atoms with Crippen LogP contribution >= 0.6 is 0 Å². The number of amides is 1. The van der Waals surface area contributed by atoms with E-state index in [4.69, 9.17) is 0 Å². The molecule has 0 saturated carbocycles. The second-order valence-electron chi connectivity index (χ2n) is 5.30. The fraction of sp³-hybridized carbons (Fsp3) is 0.667. The van der Waals surface area contributed by atoms with E-state index < -0.39 is 0 Å². The predicted octanol–water partition coefficient (Wildman–Crippen LogP) is 2.19. The SMILES string of the molecule is CCCNc1ncnc(NCC(=O)NC(C)C)c1CCC. The Balaban J connectivity index is 2.77. The van der Waals surface area contributed by atoms with Crippen LogP contribution in [0.15, 0.2) is 6.33 Å². The summed E-state index contributed by atoms with van der Waals surface area (Å²) >= 11 is 0. The summed E-state index contributed by atoms with van der Waals surface area (Å²) in [5.41, 5.74) is 1.05. The van der Waals surface area contributed by atoms with Gasteiger partial charge in [-0.3, -0.25) is 4.79 Å². The molecule has 0 aliphatic heterocycles. The second-order valence-corrected chi connectivity index (χ2v) is 5.30.